The normalized spacial score (nSPS) is 22.9. The lowest BCUT2D eigenvalue weighted by atomic mass is 9.77. The summed E-state index contributed by atoms with van der Waals surface area (Å²) in [5, 5.41) is 0. The van der Waals surface area contributed by atoms with Crippen molar-refractivity contribution in [3.05, 3.63) is 47.0 Å². The highest BCUT2D eigenvalue weighted by Gasteiger charge is 2.58. The van der Waals surface area contributed by atoms with Gasteiger partial charge in [0.2, 0.25) is 0 Å². The highest BCUT2D eigenvalue weighted by Crippen LogP contribution is 2.56. The van der Waals surface area contributed by atoms with Gasteiger partial charge in [-0.15, -0.1) is 0 Å². The number of benzene rings is 1. The molecule has 1 aliphatic carbocycles. The first-order valence-corrected chi connectivity index (χ1v) is 9.65. The van der Waals surface area contributed by atoms with Crippen LogP contribution in [0.2, 0.25) is 0 Å². The SMILES string of the molecule is CCOC(=O)C1(C(=O)OCC)CC2=C(C(c3ccccc3)O1)C(C)(C)CC2. The Balaban J connectivity index is 2.13. The van der Waals surface area contributed by atoms with Crippen LogP contribution in [0.3, 0.4) is 0 Å². The Morgan fingerprint density at radius 2 is 1.67 bits per heavy atom. The van der Waals surface area contributed by atoms with Crippen LogP contribution < -0.4 is 0 Å². The molecule has 1 unspecified atom stereocenters. The Kier molecular flexibility index (Phi) is 5.43. The zero-order valence-electron chi connectivity index (χ0n) is 16.5. The van der Waals surface area contributed by atoms with Gasteiger partial charge in [-0.3, -0.25) is 0 Å². The number of rotatable bonds is 5. The predicted molar refractivity (Wildman–Crippen MR) is 101 cm³/mol. The van der Waals surface area contributed by atoms with Crippen LogP contribution in [0.15, 0.2) is 41.5 Å². The van der Waals surface area contributed by atoms with E-state index in [1.54, 1.807) is 13.8 Å². The van der Waals surface area contributed by atoms with Crippen LogP contribution in [-0.4, -0.2) is 30.8 Å². The Bertz CT molecular complexity index is 729. The first kappa shape index (κ1) is 19.6. The molecule has 5 nitrogen and oxygen atoms in total. The zero-order chi connectivity index (χ0) is 19.7. The summed E-state index contributed by atoms with van der Waals surface area (Å²) in [6.45, 7) is 8.18. The van der Waals surface area contributed by atoms with E-state index >= 15 is 0 Å². The molecule has 1 aromatic carbocycles. The fourth-order valence-corrected chi connectivity index (χ4v) is 4.22. The molecule has 0 spiro atoms. The van der Waals surface area contributed by atoms with Crippen molar-refractivity contribution in [2.75, 3.05) is 13.2 Å². The molecule has 0 amide bonds. The monoisotopic (exact) mass is 372 g/mol. The average molecular weight is 372 g/mol. The third kappa shape index (κ3) is 3.41. The smallest absolute Gasteiger partial charge is 0.350 e. The number of esters is 2. The third-order valence-corrected chi connectivity index (χ3v) is 5.52. The Morgan fingerprint density at radius 3 is 2.22 bits per heavy atom. The van der Waals surface area contributed by atoms with Gasteiger partial charge in [0.1, 0.15) is 6.10 Å². The third-order valence-electron chi connectivity index (χ3n) is 5.52. The molecule has 146 valence electrons. The van der Waals surface area contributed by atoms with E-state index in [2.05, 4.69) is 13.8 Å². The second-order valence-electron chi connectivity index (χ2n) is 7.75. The lowest BCUT2D eigenvalue weighted by Crippen LogP contribution is -2.54. The van der Waals surface area contributed by atoms with Crippen LogP contribution in [-0.2, 0) is 23.8 Å². The number of ether oxygens (including phenoxy) is 3. The van der Waals surface area contributed by atoms with Gasteiger partial charge in [0.25, 0.3) is 5.60 Å². The lowest BCUT2D eigenvalue weighted by Gasteiger charge is -2.41. The van der Waals surface area contributed by atoms with E-state index in [0.29, 0.717) is 0 Å². The first-order valence-electron chi connectivity index (χ1n) is 9.65. The molecule has 0 fully saturated rings. The lowest BCUT2D eigenvalue weighted by molar-refractivity contribution is -0.199. The maximum atomic E-state index is 12.9. The van der Waals surface area contributed by atoms with Crippen molar-refractivity contribution in [1.82, 2.24) is 0 Å². The average Bonchev–Trinajstić information content (AvgIpc) is 2.97. The van der Waals surface area contributed by atoms with E-state index in [1.807, 2.05) is 30.3 Å². The number of hydrogen-bond donors (Lipinski definition) is 0. The Hall–Kier alpha value is -2.14. The van der Waals surface area contributed by atoms with Gasteiger partial charge in [-0.25, -0.2) is 9.59 Å². The van der Waals surface area contributed by atoms with Crippen LogP contribution in [0.4, 0.5) is 0 Å². The predicted octanol–water partition coefficient (Wildman–Crippen LogP) is 4.13. The van der Waals surface area contributed by atoms with Crippen molar-refractivity contribution in [3.8, 4) is 0 Å². The summed E-state index contributed by atoms with van der Waals surface area (Å²) in [4.78, 5) is 25.8. The van der Waals surface area contributed by atoms with Gasteiger partial charge < -0.3 is 14.2 Å². The summed E-state index contributed by atoms with van der Waals surface area (Å²) in [5.41, 5.74) is 1.42. The molecule has 1 aromatic rings. The fraction of sp³-hybridized carbons (Fsp3) is 0.545. The van der Waals surface area contributed by atoms with E-state index in [9.17, 15) is 9.59 Å². The molecule has 0 radical (unpaired) electrons. The number of hydrogen-bond acceptors (Lipinski definition) is 5. The summed E-state index contributed by atoms with van der Waals surface area (Å²) in [6, 6.07) is 9.75. The largest absolute Gasteiger partial charge is 0.463 e. The van der Waals surface area contributed by atoms with Gasteiger partial charge in [-0.05, 0) is 43.2 Å². The molecule has 1 atom stereocenters. The quantitative estimate of drug-likeness (QED) is 0.442. The number of carbonyl (C=O) groups excluding carboxylic acids is 2. The molecule has 0 N–H and O–H groups in total. The summed E-state index contributed by atoms with van der Waals surface area (Å²) in [5.74, 6) is -1.33. The number of carbonyl (C=O) groups is 2. The van der Waals surface area contributed by atoms with E-state index in [-0.39, 0.29) is 25.0 Å². The second-order valence-corrected chi connectivity index (χ2v) is 7.75. The van der Waals surface area contributed by atoms with Crippen LogP contribution in [0.1, 0.15) is 58.6 Å². The van der Waals surface area contributed by atoms with Gasteiger partial charge in [0.05, 0.1) is 13.2 Å². The molecule has 3 rings (SSSR count). The Morgan fingerprint density at radius 1 is 1.07 bits per heavy atom. The highest BCUT2D eigenvalue weighted by atomic mass is 16.6. The summed E-state index contributed by atoms with van der Waals surface area (Å²) in [7, 11) is 0. The minimum absolute atomic E-state index is 0.0503. The molecular formula is C22H28O5. The zero-order valence-corrected chi connectivity index (χ0v) is 16.5. The molecule has 0 saturated carbocycles. The molecule has 0 saturated heterocycles. The van der Waals surface area contributed by atoms with Crippen molar-refractivity contribution in [2.45, 2.75) is 58.7 Å². The molecule has 1 aliphatic heterocycles. The van der Waals surface area contributed by atoms with E-state index in [0.717, 1.165) is 24.0 Å². The van der Waals surface area contributed by atoms with Crippen molar-refractivity contribution < 1.29 is 23.8 Å². The fourth-order valence-electron chi connectivity index (χ4n) is 4.22. The van der Waals surface area contributed by atoms with Crippen molar-refractivity contribution in [3.63, 3.8) is 0 Å². The molecule has 0 bridgehead atoms. The van der Waals surface area contributed by atoms with Gasteiger partial charge in [0.15, 0.2) is 0 Å². The van der Waals surface area contributed by atoms with Crippen LogP contribution in [0.5, 0.6) is 0 Å². The Labute approximate surface area is 160 Å². The van der Waals surface area contributed by atoms with E-state index in [4.69, 9.17) is 14.2 Å². The van der Waals surface area contributed by atoms with Gasteiger partial charge in [-0.2, -0.15) is 0 Å². The molecule has 1 heterocycles. The maximum absolute atomic E-state index is 12.9. The second kappa shape index (κ2) is 7.47. The molecule has 0 aromatic heterocycles. The summed E-state index contributed by atoms with van der Waals surface area (Å²) in [6.07, 6.45) is 1.54. The van der Waals surface area contributed by atoms with E-state index in [1.165, 1.54) is 5.57 Å². The first-order chi connectivity index (χ1) is 12.9. The topological polar surface area (TPSA) is 61.8 Å². The van der Waals surface area contributed by atoms with Crippen LogP contribution >= 0.6 is 0 Å². The van der Waals surface area contributed by atoms with Crippen molar-refractivity contribution >= 4 is 11.9 Å². The van der Waals surface area contributed by atoms with Gasteiger partial charge in [0, 0.05) is 6.42 Å². The van der Waals surface area contributed by atoms with Gasteiger partial charge >= 0.3 is 11.9 Å². The van der Waals surface area contributed by atoms with E-state index < -0.39 is 23.6 Å². The van der Waals surface area contributed by atoms with Crippen LogP contribution in [0.25, 0.3) is 0 Å². The molecular weight excluding hydrogens is 344 g/mol. The molecule has 2 aliphatic rings. The summed E-state index contributed by atoms with van der Waals surface area (Å²) >= 11 is 0. The standard InChI is InChI=1S/C22H28O5/c1-5-25-19(23)22(20(24)26-6-2)14-16-12-13-21(3,4)17(16)18(27-22)15-10-8-7-9-11-15/h7-11,18H,5-6,12-14H2,1-4H3. The summed E-state index contributed by atoms with van der Waals surface area (Å²) < 4.78 is 16.8. The molecule has 27 heavy (non-hydrogen) atoms. The van der Waals surface area contributed by atoms with Gasteiger partial charge in [-0.1, -0.05) is 49.8 Å². The maximum Gasteiger partial charge on any atom is 0.350 e. The van der Waals surface area contributed by atoms with Crippen molar-refractivity contribution in [2.24, 2.45) is 5.41 Å². The minimum atomic E-state index is -1.74. The van der Waals surface area contributed by atoms with Crippen molar-refractivity contribution in [1.29, 1.82) is 0 Å². The van der Waals surface area contributed by atoms with Crippen LogP contribution in [0, 0.1) is 5.41 Å². The molecule has 5 heteroatoms. The minimum Gasteiger partial charge on any atom is -0.463 e. The highest BCUT2D eigenvalue weighted by molar-refractivity contribution is 6.04.